The summed E-state index contributed by atoms with van der Waals surface area (Å²) < 4.78 is 5.44. The lowest BCUT2D eigenvalue weighted by Gasteiger charge is -2.13. The van der Waals surface area contributed by atoms with Crippen LogP contribution in [0.2, 0.25) is 0 Å². The van der Waals surface area contributed by atoms with Crippen molar-refractivity contribution < 1.29 is 19.2 Å². The third-order valence-corrected chi connectivity index (χ3v) is 6.31. The van der Waals surface area contributed by atoms with Crippen LogP contribution in [-0.4, -0.2) is 23.3 Å². The van der Waals surface area contributed by atoms with Gasteiger partial charge < -0.3 is 15.4 Å². The number of para-hydroxylation sites is 1. The number of non-ortho nitro benzene ring substituents is 1. The Morgan fingerprint density at radius 3 is 2.44 bits per heavy atom. The van der Waals surface area contributed by atoms with Crippen molar-refractivity contribution in [2.24, 2.45) is 0 Å². The predicted molar refractivity (Wildman–Crippen MR) is 123 cm³/mol. The molecule has 164 valence electrons. The van der Waals surface area contributed by atoms with Gasteiger partial charge >= 0.3 is 0 Å². The Balaban J connectivity index is 1.47. The molecule has 0 unspecified atom stereocenters. The Morgan fingerprint density at radius 1 is 1.00 bits per heavy atom. The normalized spacial score (nSPS) is 12.5. The van der Waals surface area contributed by atoms with Gasteiger partial charge in [0.25, 0.3) is 17.5 Å². The minimum atomic E-state index is -0.503. The molecule has 2 aromatic carbocycles. The zero-order valence-electron chi connectivity index (χ0n) is 17.1. The van der Waals surface area contributed by atoms with Crippen molar-refractivity contribution in [2.45, 2.75) is 25.7 Å². The number of rotatable bonds is 7. The summed E-state index contributed by atoms with van der Waals surface area (Å²) in [6.07, 6.45) is 3.76. The fraction of sp³-hybridized carbons (Fsp3) is 0.217. The fourth-order valence-corrected chi connectivity index (χ4v) is 4.89. The Morgan fingerprint density at radius 2 is 1.72 bits per heavy atom. The maximum absolute atomic E-state index is 13.1. The number of carbonyl (C=O) groups is 2. The van der Waals surface area contributed by atoms with Gasteiger partial charge in [0.1, 0.15) is 10.8 Å². The number of benzene rings is 2. The average molecular weight is 452 g/mol. The number of carbonyl (C=O) groups excluding carboxylic acids is 2. The summed E-state index contributed by atoms with van der Waals surface area (Å²) in [5, 5.41) is 17.0. The van der Waals surface area contributed by atoms with Crippen LogP contribution in [-0.2, 0) is 17.6 Å². The molecule has 0 spiro atoms. The van der Waals surface area contributed by atoms with Crippen molar-refractivity contribution in [2.75, 3.05) is 17.2 Å². The van der Waals surface area contributed by atoms with E-state index in [4.69, 9.17) is 4.74 Å². The molecule has 0 aliphatic heterocycles. The van der Waals surface area contributed by atoms with Crippen molar-refractivity contribution in [3.63, 3.8) is 0 Å². The highest BCUT2D eigenvalue weighted by Crippen LogP contribution is 2.38. The van der Waals surface area contributed by atoms with Crippen LogP contribution in [0, 0.1) is 10.1 Å². The highest BCUT2D eigenvalue weighted by Gasteiger charge is 2.26. The zero-order chi connectivity index (χ0) is 22.5. The van der Waals surface area contributed by atoms with E-state index in [1.807, 2.05) is 30.3 Å². The first-order valence-electron chi connectivity index (χ1n) is 10.2. The fourth-order valence-electron chi connectivity index (χ4n) is 3.58. The van der Waals surface area contributed by atoms with Gasteiger partial charge in [-0.3, -0.25) is 19.7 Å². The minimum Gasteiger partial charge on any atom is -0.484 e. The lowest BCUT2D eigenvalue weighted by molar-refractivity contribution is -0.384. The molecule has 1 aliphatic carbocycles. The van der Waals surface area contributed by atoms with Gasteiger partial charge in [0.05, 0.1) is 10.5 Å². The first-order valence-corrected chi connectivity index (χ1v) is 11.0. The summed E-state index contributed by atoms with van der Waals surface area (Å²) in [6, 6.07) is 14.7. The minimum absolute atomic E-state index is 0.0555. The SMILES string of the molecule is O=C(COc1ccc([N+](=O)[O-])cc1)Nc1sc2c(c1C(=O)Nc1ccccc1)CCCC2. The molecule has 0 atom stereocenters. The van der Waals surface area contributed by atoms with Crippen LogP contribution in [0.25, 0.3) is 0 Å². The number of aryl methyl sites for hydroxylation is 1. The van der Waals surface area contributed by atoms with Gasteiger partial charge in [0.15, 0.2) is 6.61 Å². The number of nitrogens with one attached hydrogen (secondary N) is 2. The maximum atomic E-state index is 13.1. The summed E-state index contributed by atoms with van der Waals surface area (Å²) in [6.45, 7) is -0.278. The van der Waals surface area contributed by atoms with E-state index < -0.39 is 10.8 Å². The topological polar surface area (TPSA) is 111 Å². The molecule has 2 N–H and O–H groups in total. The van der Waals surface area contributed by atoms with Crippen LogP contribution >= 0.6 is 11.3 Å². The van der Waals surface area contributed by atoms with Gasteiger partial charge in [-0.25, -0.2) is 0 Å². The summed E-state index contributed by atoms with van der Waals surface area (Å²) in [5.41, 5.74) is 2.14. The van der Waals surface area contributed by atoms with E-state index in [2.05, 4.69) is 10.6 Å². The predicted octanol–water partition coefficient (Wildman–Crippen LogP) is 4.80. The Labute approximate surface area is 188 Å². The molecule has 2 amide bonds. The molecule has 9 heteroatoms. The number of fused-ring (bicyclic) bond motifs is 1. The molecule has 32 heavy (non-hydrogen) atoms. The van der Waals surface area contributed by atoms with E-state index >= 15 is 0 Å². The highest BCUT2D eigenvalue weighted by molar-refractivity contribution is 7.17. The zero-order valence-corrected chi connectivity index (χ0v) is 17.9. The molecule has 3 aromatic rings. The quantitative estimate of drug-likeness (QED) is 0.396. The van der Waals surface area contributed by atoms with E-state index in [1.165, 1.54) is 35.6 Å². The number of anilines is 2. The van der Waals surface area contributed by atoms with E-state index in [0.717, 1.165) is 36.1 Å². The summed E-state index contributed by atoms with van der Waals surface area (Å²) in [5.74, 6) is -0.309. The van der Waals surface area contributed by atoms with Crippen LogP contribution in [0.5, 0.6) is 5.75 Å². The molecular weight excluding hydrogens is 430 g/mol. The monoisotopic (exact) mass is 451 g/mol. The molecular formula is C23H21N3O5S. The number of nitro groups is 1. The van der Waals surface area contributed by atoms with Gasteiger partial charge in [0.2, 0.25) is 0 Å². The molecule has 1 heterocycles. The van der Waals surface area contributed by atoms with Crippen molar-refractivity contribution in [3.8, 4) is 5.75 Å². The molecule has 4 rings (SSSR count). The Bertz CT molecular complexity index is 1140. The molecule has 0 bridgehead atoms. The summed E-state index contributed by atoms with van der Waals surface area (Å²) >= 11 is 1.43. The Hall–Kier alpha value is -3.72. The van der Waals surface area contributed by atoms with E-state index in [9.17, 15) is 19.7 Å². The first-order chi connectivity index (χ1) is 15.5. The van der Waals surface area contributed by atoms with Crippen molar-refractivity contribution >= 4 is 39.5 Å². The second-order valence-electron chi connectivity index (χ2n) is 7.32. The van der Waals surface area contributed by atoms with Crippen LogP contribution in [0.1, 0.15) is 33.6 Å². The number of nitro benzene ring substituents is 1. The van der Waals surface area contributed by atoms with E-state index in [-0.39, 0.29) is 18.2 Å². The van der Waals surface area contributed by atoms with Gasteiger partial charge in [-0.05, 0) is 55.5 Å². The number of ether oxygens (including phenoxy) is 1. The second kappa shape index (κ2) is 9.61. The van der Waals surface area contributed by atoms with E-state index in [0.29, 0.717) is 22.0 Å². The van der Waals surface area contributed by atoms with Crippen LogP contribution in [0.15, 0.2) is 54.6 Å². The van der Waals surface area contributed by atoms with E-state index in [1.54, 1.807) is 0 Å². The third kappa shape index (κ3) is 4.94. The molecule has 1 aliphatic rings. The molecule has 0 saturated carbocycles. The molecule has 0 fully saturated rings. The van der Waals surface area contributed by atoms with Crippen molar-refractivity contribution in [3.05, 3.63) is 80.7 Å². The number of hydrogen-bond acceptors (Lipinski definition) is 6. The molecule has 0 radical (unpaired) electrons. The first kappa shape index (κ1) is 21.5. The average Bonchev–Trinajstić information content (AvgIpc) is 3.16. The standard InChI is InChI=1S/C23H21N3O5S/c27-20(14-31-17-12-10-16(11-13-17)26(29)30)25-23-21(18-8-4-5-9-19(18)32-23)22(28)24-15-6-2-1-3-7-15/h1-3,6-7,10-13H,4-5,8-9,14H2,(H,24,28)(H,25,27). The maximum Gasteiger partial charge on any atom is 0.269 e. The lowest BCUT2D eigenvalue weighted by Crippen LogP contribution is -2.22. The summed E-state index contributed by atoms with van der Waals surface area (Å²) in [7, 11) is 0. The van der Waals surface area contributed by atoms with Gasteiger partial charge in [-0.15, -0.1) is 11.3 Å². The highest BCUT2D eigenvalue weighted by atomic mass is 32.1. The molecule has 8 nitrogen and oxygen atoms in total. The smallest absolute Gasteiger partial charge is 0.269 e. The number of amides is 2. The van der Waals surface area contributed by atoms with Gasteiger partial charge in [-0.2, -0.15) is 0 Å². The van der Waals surface area contributed by atoms with Crippen LogP contribution < -0.4 is 15.4 Å². The van der Waals surface area contributed by atoms with Gasteiger partial charge in [0, 0.05) is 22.7 Å². The molecule has 1 aromatic heterocycles. The lowest BCUT2D eigenvalue weighted by atomic mass is 9.95. The largest absolute Gasteiger partial charge is 0.484 e. The Kier molecular flexibility index (Phi) is 6.46. The molecule has 0 saturated heterocycles. The van der Waals surface area contributed by atoms with Crippen LogP contribution in [0.3, 0.4) is 0 Å². The number of thiophene rings is 1. The summed E-state index contributed by atoms with van der Waals surface area (Å²) in [4.78, 5) is 37.0. The van der Waals surface area contributed by atoms with Crippen LogP contribution in [0.4, 0.5) is 16.4 Å². The number of hydrogen-bond donors (Lipinski definition) is 2. The number of nitrogens with zero attached hydrogens (tertiary/aromatic N) is 1. The van der Waals surface area contributed by atoms with Gasteiger partial charge in [-0.1, -0.05) is 18.2 Å². The third-order valence-electron chi connectivity index (χ3n) is 5.10. The van der Waals surface area contributed by atoms with Crippen molar-refractivity contribution in [1.29, 1.82) is 0 Å². The van der Waals surface area contributed by atoms with Crippen molar-refractivity contribution in [1.82, 2.24) is 0 Å². The second-order valence-corrected chi connectivity index (χ2v) is 8.43.